The minimum absolute atomic E-state index is 0. The normalized spacial score (nSPS) is 13.1. The first-order valence-electron chi connectivity index (χ1n) is 17.0. The summed E-state index contributed by atoms with van der Waals surface area (Å²) in [5.41, 5.74) is 5.43. The van der Waals surface area contributed by atoms with Crippen LogP contribution in [0.4, 0.5) is 4.39 Å². The molecule has 7 rings (SSSR count). The number of rotatable bonds is 5. The van der Waals surface area contributed by atoms with Crippen molar-refractivity contribution in [3.63, 3.8) is 0 Å². The molecule has 0 unspecified atom stereocenters. The molecule has 0 atom stereocenters. The number of halogens is 1. The quantitative estimate of drug-likeness (QED) is 0.128. The molecule has 0 fully saturated rings. The predicted molar refractivity (Wildman–Crippen MR) is 195 cm³/mol. The van der Waals surface area contributed by atoms with Crippen LogP contribution in [0, 0.1) is 24.8 Å². The zero-order valence-corrected chi connectivity index (χ0v) is 32.1. The average molecular weight is 879 g/mol. The van der Waals surface area contributed by atoms with E-state index in [9.17, 15) is 4.39 Å². The van der Waals surface area contributed by atoms with E-state index in [1.165, 1.54) is 34.1 Å². The van der Waals surface area contributed by atoms with Crippen LogP contribution in [0.3, 0.4) is 0 Å². The van der Waals surface area contributed by atoms with Gasteiger partial charge in [-0.05, 0) is 40.3 Å². The number of thiophene rings is 1. The van der Waals surface area contributed by atoms with E-state index in [2.05, 4.69) is 50.4 Å². The molecule has 0 saturated carbocycles. The molecule has 0 saturated heterocycles. The molecule has 0 aliphatic rings. The molecule has 0 aliphatic heterocycles. The van der Waals surface area contributed by atoms with E-state index in [0.717, 1.165) is 37.9 Å². The molecule has 7 heteroatoms. The molecule has 0 aliphatic carbocycles. The Morgan fingerprint density at radius 3 is 2.30 bits per heavy atom. The van der Waals surface area contributed by atoms with Crippen LogP contribution < -0.4 is 4.40 Å². The molecule has 47 heavy (non-hydrogen) atoms. The van der Waals surface area contributed by atoms with Gasteiger partial charge in [-0.2, -0.15) is 11.3 Å². The van der Waals surface area contributed by atoms with Crippen molar-refractivity contribution in [2.24, 2.45) is 0 Å². The first-order valence-corrected chi connectivity index (χ1v) is 23.2. The van der Waals surface area contributed by atoms with Crippen LogP contribution in [0.1, 0.15) is 36.5 Å². The minimum Gasteiger partial charge on any atom is -0.304 e. The second-order valence-corrected chi connectivity index (χ2v) is 23.9. The molecule has 1 radical (unpaired) electrons. The van der Waals surface area contributed by atoms with Crippen molar-refractivity contribution in [2.75, 3.05) is 0 Å². The van der Waals surface area contributed by atoms with Crippen LogP contribution in [0.5, 0.6) is 0 Å². The number of benzene rings is 3. The van der Waals surface area contributed by atoms with Crippen LogP contribution in [0.2, 0.25) is 17.3 Å². The third-order valence-electron chi connectivity index (χ3n) is 7.73. The third kappa shape index (κ3) is 7.62. The Hall–Kier alpha value is -3.55. The average Bonchev–Trinajstić information content (AvgIpc) is 3.46. The number of fused-ring (bicyclic) bond motifs is 3. The van der Waals surface area contributed by atoms with Crippen molar-refractivity contribution >= 4 is 49.3 Å². The molecule has 3 nitrogen and oxygen atoms in total. The van der Waals surface area contributed by atoms with Gasteiger partial charge in [0.2, 0.25) is 0 Å². The maximum absolute atomic E-state index is 14.9. The number of hydrogen-bond acceptors (Lipinski definition) is 4. The molecular formula is C40H36FGeIrN3S-2. The van der Waals surface area contributed by atoms with Crippen molar-refractivity contribution < 1.29 is 30.0 Å². The van der Waals surface area contributed by atoms with E-state index >= 15 is 0 Å². The fourth-order valence-corrected chi connectivity index (χ4v) is 9.87. The topological polar surface area (TPSA) is 38.7 Å². The summed E-state index contributed by atoms with van der Waals surface area (Å²) in [4.78, 5) is 14.1. The summed E-state index contributed by atoms with van der Waals surface area (Å²) >= 11 is -0.661. The fraction of sp³-hybridized carbons (Fsp3) is 0.175. The smallest absolute Gasteiger partial charge is 0.125 e. The van der Waals surface area contributed by atoms with Gasteiger partial charge in [0.25, 0.3) is 0 Å². The summed E-state index contributed by atoms with van der Waals surface area (Å²) in [6, 6.07) is 34.0. The van der Waals surface area contributed by atoms with Gasteiger partial charge in [-0.25, -0.2) is 9.37 Å². The summed E-state index contributed by atoms with van der Waals surface area (Å²) in [5, 5.41) is 1.78. The zero-order chi connectivity index (χ0) is 35.8. The molecule has 3 aromatic carbocycles. The SMILES string of the molecule is [2H]C(C)(C)c1cc(-c2[c-]cccc2)nc[c]1[Ge]([CH3])([CH3])[CH3].[2H]C([2H])([2H])c1ccc2c(n1)sc1c(-c3cc(F)c(-c4ccccc4)cn3)[c-]ccc12.[Ir]. The van der Waals surface area contributed by atoms with Crippen molar-refractivity contribution in [3.05, 3.63) is 133 Å². The summed E-state index contributed by atoms with van der Waals surface area (Å²) in [7, 11) is 0. The Morgan fingerprint density at radius 1 is 0.851 bits per heavy atom. The number of hydrogen-bond donors (Lipinski definition) is 0. The molecular weight excluding hydrogens is 838 g/mol. The minimum atomic E-state index is -2.27. The Labute approximate surface area is 302 Å². The molecule has 239 valence electrons. The number of nitrogens with zero attached hydrogens (tertiary/aromatic N) is 3. The molecule has 0 amide bonds. The molecule has 4 aromatic heterocycles. The van der Waals surface area contributed by atoms with Crippen molar-refractivity contribution in [1.82, 2.24) is 15.0 Å². The first-order chi connectivity index (χ1) is 23.6. The largest absolute Gasteiger partial charge is 0.304 e. The second-order valence-electron chi connectivity index (χ2n) is 12.3. The maximum Gasteiger partial charge on any atom is 0.125 e. The number of aryl methyl sites for hydroxylation is 1. The Bertz CT molecular complexity index is 2300. The van der Waals surface area contributed by atoms with E-state index in [1.54, 1.807) is 12.1 Å². The van der Waals surface area contributed by atoms with Crippen LogP contribution in [0.15, 0.2) is 103 Å². The van der Waals surface area contributed by atoms with Crippen molar-refractivity contribution in [1.29, 1.82) is 0 Å². The zero-order valence-electron chi connectivity index (χ0n) is 30.8. The summed E-state index contributed by atoms with van der Waals surface area (Å²) in [6.45, 7) is 1.65. The van der Waals surface area contributed by atoms with Crippen LogP contribution in [-0.4, -0.2) is 28.2 Å². The van der Waals surface area contributed by atoms with Gasteiger partial charge in [0.15, 0.2) is 0 Å². The van der Waals surface area contributed by atoms with Crippen molar-refractivity contribution in [2.45, 2.75) is 43.9 Å². The maximum atomic E-state index is 14.9. The Morgan fingerprint density at radius 2 is 1.62 bits per heavy atom. The molecule has 0 N–H and O–H groups in total. The van der Waals surface area contributed by atoms with Gasteiger partial charge in [0.1, 0.15) is 10.6 Å². The van der Waals surface area contributed by atoms with Gasteiger partial charge in [-0.1, -0.05) is 41.8 Å². The fourth-order valence-electron chi connectivity index (χ4n) is 5.38. The first kappa shape index (κ1) is 29.6. The van der Waals surface area contributed by atoms with Gasteiger partial charge in [-0.15, -0.1) is 23.8 Å². The van der Waals surface area contributed by atoms with Gasteiger partial charge >= 0.3 is 120 Å². The van der Waals surface area contributed by atoms with Gasteiger partial charge in [0, 0.05) is 41.7 Å². The van der Waals surface area contributed by atoms with Gasteiger partial charge in [-0.3, -0.25) is 0 Å². The Kier molecular flexibility index (Phi) is 9.25. The van der Waals surface area contributed by atoms with E-state index in [-0.39, 0.29) is 31.6 Å². The summed E-state index contributed by atoms with van der Waals surface area (Å²) < 4.78 is 48.3. The van der Waals surface area contributed by atoms with E-state index in [0.29, 0.717) is 21.7 Å². The molecule has 4 heterocycles. The van der Waals surface area contributed by atoms with Crippen LogP contribution in [0.25, 0.3) is 53.9 Å². The van der Waals surface area contributed by atoms with Crippen molar-refractivity contribution in [3.8, 4) is 33.6 Å². The second kappa shape index (κ2) is 14.7. The number of pyridine rings is 3. The van der Waals surface area contributed by atoms with E-state index in [1.807, 2.05) is 80.7 Å². The van der Waals surface area contributed by atoms with Gasteiger partial charge in [0.05, 0.1) is 0 Å². The monoisotopic (exact) mass is 880 g/mol. The molecule has 7 aromatic rings. The molecule has 0 spiro atoms. The van der Waals surface area contributed by atoms with Gasteiger partial charge < -0.3 is 4.98 Å². The Balaban J connectivity index is 0.000000211. The van der Waals surface area contributed by atoms with E-state index < -0.39 is 26.0 Å². The van der Waals surface area contributed by atoms with Crippen LogP contribution in [-0.2, 0) is 20.1 Å². The summed E-state index contributed by atoms with van der Waals surface area (Å²) in [6.07, 6.45) is 3.53. The van der Waals surface area contributed by atoms with E-state index in [4.69, 9.17) is 5.48 Å². The predicted octanol–water partition coefficient (Wildman–Crippen LogP) is 10.6. The molecule has 0 bridgehead atoms. The summed E-state index contributed by atoms with van der Waals surface area (Å²) in [5.74, 6) is 6.09. The number of aromatic nitrogens is 3. The third-order valence-corrected chi connectivity index (χ3v) is 13.1. The standard InChI is InChI=1S/C23H14FN2S.C17H22GeN.Ir/c1-14-10-11-17-16-8-5-9-18(22(16)27-23(17)26-14)21-12-20(24)19(13-25-21)15-6-3-2-4-7-15;1-13(2)15-11-17(14-9-7-6-8-10-14)19-12-16(15)18(3,4)5;/h2-8,10-13H,1H3;6-9,11-13H,1-5H3;/q2*-1;/i1D3;13D;. The van der Waals surface area contributed by atoms with Crippen LogP contribution >= 0.6 is 11.3 Å².